The highest BCUT2D eigenvalue weighted by molar-refractivity contribution is 5.97. The van der Waals surface area contributed by atoms with Gasteiger partial charge in [-0.25, -0.2) is 4.39 Å². The van der Waals surface area contributed by atoms with Gasteiger partial charge in [-0.3, -0.25) is 14.4 Å². The number of halogens is 1. The molecule has 0 bridgehead atoms. The second kappa shape index (κ2) is 7.99. The number of carbonyl (C=O) groups is 3. The number of hydrogen-bond acceptors (Lipinski definition) is 3. The summed E-state index contributed by atoms with van der Waals surface area (Å²) in [6.45, 7) is 1.34. The third-order valence-electron chi connectivity index (χ3n) is 4.39. The van der Waals surface area contributed by atoms with Crippen LogP contribution in [0.1, 0.15) is 25.3 Å². The van der Waals surface area contributed by atoms with Crippen LogP contribution in [0, 0.1) is 11.7 Å². The van der Waals surface area contributed by atoms with Crippen LogP contribution in [0.25, 0.3) is 0 Å². The van der Waals surface area contributed by atoms with Crippen molar-refractivity contribution in [2.24, 2.45) is 5.92 Å². The van der Waals surface area contributed by atoms with Crippen LogP contribution >= 0.6 is 0 Å². The molecule has 3 rings (SSSR count). The summed E-state index contributed by atoms with van der Waals surface area (Å²) in [6.07, 6.45) is 1.02. The Morgan fingerprint density at radius 2 is 1.96 bits per heavy atom. The zero-order chi connectivity index (χ0) is 19.4. The molecule has 1 unspecified atom stereocenters. The second-order valence-electron chi connectivity index (χ2n) is 6.51. The minimum atomic E-state index is -0.596. The van der Waals surface area contributed by atoms with Crippen molar-refractivity contribution in [3.8, 4) is 0 Å². The molecule has 6 nitrogen and oxygen atoms in total. The predicted octanol–water partition coefficient (Wildman–Crippen LogP) is 3.31. The van der Waals surface area contributed by atoms with Gasteiger partial charge in [0, 0.05) is 30.6 Å². The summed E-state index contributed by atoms with van der Waals surface area (Å²) in [5.41, 5.74) is 2.23. The molecule has 0 aliphatic carbocycles. The molecule has 140 valence electrons. The molecular weight excluding hydrogens is 349 g/mol. The summed E-state index contributed by atoms with van der Waals surface area (Å²) in [4.78, 5) is 35.5. The summed E-state index contributed by atoms with van der Waals surface area (Å²) in [6, 6.07) is 11.5. The lowest BCUT2D eigenvalue weighted by Crippen LogP contribution is -2.30. The minimum Gasteiger partial charge on any atom is -0.326 e. The number of fused-ring (bicyclic) bond motifs is 1. The number of benzene rings is 2. The third-order valence-corrected chi connectivity index (χ3v) is 4.39. The van der Waals surface area contributed by atoms with Crippen molar-refractivity contribution in [3.63, 3.8) is 0 Å². The molecular formula is C20H20FN3O3. The van der Waals surface area contributed by atoms with Gasteiger partial charge in [-0.05, 0) is 42.7 Å². The first kappa shape index (κ1) is 18.6. The Bertz CT molecular complexity index is 898. The quantitative estimate of drug-likeness (QED) is 0.756. The Labute approximate surface area is 156 Å². The van der Waals surface area contributed by atoms with E-state index in [9.17, 15) is 18.8 Å². The molecule has 1 atom stereocenters. The first-order valence-electron chi connectivity index (χ1n) is 8.68. The molecule has 7 heteroatoms. The van der Waals surface area contributed by atoms with Crippen LogP contribution in [0.5, 0.6) is 0 Å². The van der Waals surface area contributed by atoms with E-state index in [0.717, 1.165) is 11.3 Å². The molecule has 0 spiro atoms. The molecule has 27 heavy (non-hydrogen) atoms. The molecule has 0 saturated heterocycles. The minimum absolute atomic E-state index is 0.00955. The third kappa shape index (κ3) is 4.69. The van der Waals surface area contributed by atoms with Crippen molar-refractivity contribution in [1.29, 1.82) is 0 Å². The summed E-state index contributed by atoms with van der Waals surface area (Å²) < 4.78 is 13.9. The number of anilines is 3. The Balaban J connectivity index is 1.59. The number of hydrogen-bond donors (Lipinski definition) is 3. The van der Waals surface area contributed by atoms with E-state index in [1.807, 2.05) is 24.3 Å². The van der Waals surface area contributed by atoms with Gasteiger partial charge in [-0.2, -0.15) is 0 Å². The van der Waals surface area contributed by atoms with Crippen LogP contribution in [0.15, 0.2) is 42.5 Å². The van der Waals surface area contributed by atoms with E-state index in [2.05, 4.69) is 16.0 Å². The van der Waals surface area contributed by atoms with Gasteiger partial charge < -0.3 is 16.0 Å². The van der Waals surface area contributed by atoms with Crippen LogP contribution in [-0.2, 0) is 20.8 Å². The average Bonchev–Trinajstić information content (AvgIpc) is 2.62. The fraction of sp³-hybridized carbons (Fsp3) is 0.250. The maximum atomic E-state index is 13.9. The zero-order valence-electron chi connectivity index (χ0n) is 14.8. The highest BCUT2D eigenvalue weighted by Crippen LogP contribution is 2.28. The second-order valence-corrected chi connectivity index (χ2v) is 6.51. The molecule has 2 aromatic rings. The Kier molecular flexibility index (Phi) is 5.49. The molecule has 0 saturated carbocycles. The maximum absolute atomic E-state index is 13.9. The van der Waals surface area contributed by atoms with Gasteiger partial charge in [0.1, 0.15) is 5.82 Å². The average molecular weight is 369 g/mol. The van der Waals surface area contributed by atoms with Gasteiger partial charge >= 0.3 is 0 Å². The van der Waals surface area contributed by atoms with Crippen molar-refractivity contribution < 1.29 is 18.8 Å². The number of rotatable bonds is 5. The van der Waals surface area contributed by atoms with E-state index in [-0.39, 0.29) is 35.7 Å². The highest BCUT2D eigenvalue weighted by atomic mass is 19.1. The molecule has 0 fully saturated rings. The van der Waals surface area contributed by atoms with E-state index >= 15 is 0 Å². The van der Waals surface area contributed by atoms with E-state index in [0.29, 0.717) is 18.5 Å². The molecule has 1 aliphatic rings. The van der Waals surface area contributed by atoms with Crippen molar-refractivity contribution in [2.75, 3.05) is 16.0 Å². The lowest BCUT2D eigenvalue weighted by molar-refractivity contribution is -0.121. The van der Waals surface area contributed by atoms with E-state index in [4.69, 9.17) is 0 Å². The van der Waals surface area contributed by atoms with Gasteiger partial charge in [0.05, 0.1) is 5.69 Å². The van der Waals surface area contributed by atoms with Crippen LogP contribution in [0.3, 0.4) is 0 Å². The van der Waals surface area contributed by atoms with E-state index in [1.54, 1.807) is 0 Å². The summed E-state index contributed by atoms with van der Waals surface area (Å²) in [7, 11) is 0. The summed E-state index contributed by atoms with van der Waals surface area (Å²) in [5.74, 6) is -1.69. The standard InChI is InChI=1S/C20H20FN3O3/c1-12(25)22-15-7-8-16(21)18(11-15)23-19(26)9-6-14-10-13-4-2-3-5-17(13)24-20(14)27/h2-5,7-8,11,14H,6,9-10H2,1H3,(H,22,25)(H,23,26)(H,24,27). The topological polar surface area (TPSA) is 87.3 Å². The largest absolute Gasteiger partial charge is 0.326 e. The lowest BCUT2D eigenvalue weighted by Gasteiger charge is -2.24. The fourth-order valence-corrected chi connectivity index (χ4v) is 3.07. The molecule has 1 heterocycles. The molecule has 3 N–H and O–H groups in total. The summed E-state index contributed by atoms with van der Waals surface area (Å²) in [5, 5.41) is 7.88. The highest BCUT2D eigenvalue weighted by Gasteiger charge is 2.26. The van der Waals surface area contributed by atoms with Crippen molar-refractivity contribution in [2.45, 2.75) is 26.2 Å². The maximum Gasteiger partial charge on any atom is 0.227 e. The molecule has 3 amide bonds. The first-order valence-corrected chi connectivity index (χ1v) is 8.68. The van der Waals surface area contributed by atoms with Gasteiger partial charge in [0.15, 0.2) is 0 Å². The van der Waals surface area contributed by atoms with Crippen LogP contribution < -0.4 is 16.0 Å². The predicted molar refractivity (Wildman–Crippen MR) is 101 cm³/mol. The molecule has 0 radical (unpaired) electrons. The molecule has 0 aromatic heterocycles. The van der Waals surface area contributed by atoms with Crippen LogP contribution in [-0.4, -0.2) is 17.7 Å². The van der Waals surface area contributed by atoms with E-state index in [1.165, 1.54) is 25.1 Å². The van der Waals surface area contributed by atoms with Crippen molar-refractivity contribution in [1.82, 2.24) is 0 Å². The summed E-state index contributed by atoms with van der Waals surface area (Å²) >= 11 is 0. The van der Waals surface area contributed by atoms with Gasteiger partial charge in [0.25, 0.3) is 0 Å². The fourth-order valence-electron chi connectivity index (χ4n) is 3.07. The SMILES string of the molecule is CC(=O)Nc1ccc(F)c(NC(=O)CCC2Cc3ccccc3NC2=O)c1. The van der Waals surface area contributed by atoms with E-state index < -0.39 is 5.82 Å². The Morgan fingerprint density at radius 3 is 2.74 bits per heavy atom. The smallest absolute Gasteiger partial charge is 0.227 e. The molecule has 2 aromatic carbocycles. The van der Waals surface area contributed by atoms with Gasteiger partial charge in [-0.1, -0.05) is 18.2 Å². The van der Waals surface area contributed by atoms with Gasteiger partial charge in [-0.15, -0.1) is 0 Å². The first-order chi connectivity index (χ1) is 12.9. The van der Waals surface area contributed by atoms with Crippen molar-refractivity contribution in [3.05, 3.63) is 53.8 Å². The lowest BCUT2D eigenvalue weighted by atomic mass is 9.89. The van der Waals surface area contributed by atoms with Crippen LogP contribution in [0.2, 0.25) is 0 Å². The zero-order valence-corrected chi connectivity index (χ0v) is 14.8. The Hall–Kier alpha value is -3.22. The number of carbonyl (C=O) groups excluding carboxylic acids is 3. The number of amides is 3. The number of para-hydroxylation sites is 1. The monoisotopic (exact) mass is 369 g/mol. The van der Waals surface area contributed by atoms with Gasteiger partial charge in [0.2, 0.25) is 17.7 Å². The number of nitrogens with one attached hydrogen (secondary N) is 3. The van der Waals surface area contributed by atoms with Crippen molar-refractivity contribution >= 4 is 34.8 Å². The Morgan fingerprint density at radius 1 is 1.19 bits per heavy atom. The molecule has 1 aliphatic heterocycles. The van der Waals surface area contributed by atoms with Crippen LogP contribution in [0.4, 0.5) is 21.5 Å². The normalized spacial score (nSPS) is 15.5.